The maximum Gasteiger partial charge on any atom is 0.255 e. The van der Waals surface area contributed by atoms with Gasteiger partial charge in [-0.25, -0.2) is 0 Å². The van der Waals surface area contributed by atoms with Crippen molar-refractivity contribution >= 4 is 23.2 Å². The highest BCUT2D eigenvalue weighted by atomic mass is 16.5. The first-order chi connectivity index (χ1) is 13.6. The van der Waals surface area contributed by atoms with Gasteiger partial charge in [0.15, 0.2) is 0 Å². The van der Waals surface area contributed by atoms with Gasteiger partial charge in [0, 0.05) is 30.0 Å². The third kappa shape index (κ3) is 5.01. The molecule has 1 aliphatic heterocycles. The highest BCUT2D eigenvalue weighted by Gasteiger charge is 2.22. The van der Waals surface area contributed by atoms with Crippen molar-refractivity contribution in [1.29, 1.82) is 0 Å². The molecule has 2 amide bonds. The van der Waals surface area contributed by atoms with Crippen LogP contribution in [0.15, 0.2) is 48.5 Å². The Bertz CT molecular complexity index is 799. The molecule has 2 aromatic rings. The predicted molar refractivity (Wildman–Crippen MR) is 108 cm³/mol. The monoisotopic (exact) mass is 383 g/mol. The van der Waals surface area contributed by atoms with E-state index in [0.717, 1.165) is 11.4 Å². The molecule has 1 aliphatic rings. The summed E-state index contributed by atoms with van der Waals surface area (Å²) < 4.78 is 10.4. The van der Waals surface area contributed by atoms with E-state index in [4.69, 9.17) is 9.47 Å². The molecule has 1 saturated heterocycles. The second-order valence-corrected chi connectivity index (χ2v) is 6.56. The number of anilines is 2. The number of ether oxygens (including phenoxy) is 2. The van der Waals surface area contributed by atoms with Crippen molar-refractivity contribution in [3.63, 3.8) is 0 Å². The fourth-order valence-electron chi connectivity index (χ4n) is 2.96. The number of methoxy groups -OCH3 is 1. The van der Waals surface area contributed by atoms with Crippen molar-refractivity contribution < 1.29 is 19.1 Å². The van der Waals surface area contributed by atoms with Crippen molar-refractivity contribution in [3.05, 3.63) is 54.1 Å². The van der Waals surface area contributed by atoms with Gasteiger partial charge in [-0.3, -0.25) is 9.59 Å². The molecule has 0 radical (unpaired) electrons. The van der Waals surface area contributed by atoms with Crippen LogP contribution in [0.2, 0.25) is 0 Å². The van der Waals surface area contributed by atoms with Crippen LogP contribution in [0.5, 0.6) is 5.75 Å². The minimum absolute atomic E-state index is 0.0459. The number of nitrogens with zero attached hydrogens (tertiary/aromatic N) is 1. The van der Waals surface area contributed by atoms with Crippen molar-refractivity contribution in [1.82, 2.24) is 4.90 Å². The quantitative estimate of drug-likeness (QED) is 0.802. The molecule has 0 saturated carbocycles. The molecule has 2 N–H and O–H groups in total. The number of rotatable bonds is 6. The van der Waals surface area contributed by atoms with Crippen molar-refractivity contribution in [2.45, 2.75) is 13.0 Å². The smallest absolute Gasteiger partial charge is 0.255 e. The van der Waals surface area contributed by atoms with Gasteiger partial charge in [-0.1, -0.05) is 0 Å². The molecular formula is C21H25N3O4. The molecular weight excluding hydrogens is 358 g/mol. The standard InChI is InChI=1S/C21H25N3O4/c1-15(21(26)24-11-13-28-14-12-24)22-17-5-3-16(4-6-17)20(25)23-18-7-9-19(27-2)10-8-18/h3-10,15,22H,11-14H2,1-2H3,(H,23,25)/t15-/m0/s1. The molecule has 0 aromatic heterocycles. The molecule has 7 heteroatoms. The zero-order valence-electron chi connectivity index (χ0n) is 16.1. The number of amides is 2. The Balaban J connectivity index is 1.56. The van der Waals surface area contributed by atoms with Crippen LogP contribution < -0.4 is 15.4 Å². The second-order valence-electron chi connectivity index (χ2n) is 6.56. The van der Waals surface area contributed by atoms with Crippen molar-refractivity contribution in [2.75, 3.05) is 44.0 Å². The van der Waals surface area contributed by atoms with Crippen LogP contribution in [0.4, 0.5) is 11.4 Å². The van der Waals surface area contributed by atoms with Gasteiger partial charge in [0.05, 0.1) is 20.3 Å². The van der Waals surface area contributed by atoms with Crippen LogP contribution >= 0.6 is 0 Å². The van der Waals surface area contributed by atoms with E-state index in [1.54, 1.807) is 60.5 Å². The minimum atomic E-state index is -0.350. The molecule has 3 rings (SSSR count). The lowest BCUT2D eigenvalue weighted by Crippen LogP contribution is -2.46. The summed E-state index contributed by atoms with van der Waals surface area (Å²) in [5.41, 5.74) is 2.02. The molecule has 28 heavy (non-hydrogen) atoms. The molecule has 0 bridgehead atoms. The van der Waals surface area contributed by atoms with Gasteiger partial charge in [-0.2, -0.15) is 0 Å². The third-order valence-electron chi connectivity index (χ3n) is 4.57. The van der Waals surface area contributed by atoms with E-state index in [1.165, 1.54) is 0 Å². The zero-order valence-corrected chi connectivity index (χ0v) is 16.1. The van der Waals surface area contributed by atoms with E-state index in [-0.39, 0.29) is 17.9 Å². The second kappa shape index (κ2) is 9.23. The van der Waals surface area contributed by atoms with Crippen LogP contribution in [0.25, 0.3) is 0 Å². The number of hydrogen-bond acceptors (Lipinski definition) is 5. The molecule has 1 fully saturated rings. The predicted octanol–water partition coefficient (Wildman–Crippen LogP) is 2.61. The van der Waals surface area contributed by atoms with Crippen LogP contribution in [-0.4, -0.2) is 56.2 Å². The average Bonchev–Trinajstić information content (AvgIpc) is 2.74. The number of carbonyl (C=O) groups is 2. The molecule has 1 atom stereocenters. The maximum atomic E-state index is 12.5. The van der Waals surface area contributed by atoms with Crippen LogP contribution in [0, 0.1) is 0 Å². The van der Waals surface area contributed by atoms with Crippen molar-refractivity contribution in [2.24, 2.45) is 0 Å². The molecule has 1 heterocycles. The largest absolute Gasteiger partial charge is 0.497 e. The summed E-state index contributed by atoms with van der Waals surface area (Å²) in [6, 6.07) is 13.8. The summed E-state index contributed by atoms with van der Waals surface area (Å²) in [6.45, 7) is 4.24. The number of morpholine rings is 1. The lowest BCUT2D eigenvalue weighted by Gasteiger charge is -2.29. The van der Waals surface area contributed by atoms with Crippen LogP contribution in [0.1, 0.15) is 17.3 Å². The number of carbonyl (C=O) groups excluding carboxylic acids is 2. The lowest BCUT2D eigenvalue weighted by atomic mass is 10.1. The maximum absolute atomic E-state index is 12.5. The van der Waals surface area contributed by atoms with Crippen molar-refractivity contribution in [3.8, 4) is 5.75 Å². The Labute approximate surface area is 164 Å². The van der Waals surface area contributed by atoms with Crippen LogP contribution in [0.3, 0.4) is 0 Å². The highest BCUT2D eigenvalue weighted by Crippen LogP contribution is 2.17. The molecule has 0 unspecified atom stereocenters. The normalized spacial score (nSPS) is 14.9. The summed E-state index contributed by atoms with van der Waals surface area (Å²) in [7, 11) is 1.60. The Morgan fingerprint density at radius 2 is 1.61 bits per heavy atom. The Morgan fingerprint density at radius 1 is 1.00 bits per heavy atom. The van der Waals surface area contributed by atoms with Gasteiger partial charge in [-0.05, 0) is 55.5 Å². The molecule has 7 nitrogen and oxygen atoms in total. The zero-order chi connectivity index (χ0) is 19.9. The summed E-state index contributed by atoms with van der Waals surface area (Å²) in [4.78, 5) is 26.6. The van der Waals surface area contributed by atoms with Crippen LogP contribution in [-0.2, 0) is 9.53 Å². The van der Waals surface area contributed by atoms with E-state index >= 15 is 0 Å². The third-order valence-corrected chi connectivity index (χ3v) is 4.57. The number of nitrogens with one attached hydrogen (secondary N) is 2. The summed E-state index contributed by atoms with van der Waals surface area (Å²) in [5, 5.41) is 6.03. The van der Waals surface area contributed by atoms with Gasteiger partial charge >= 0.3 is 0 Å². The number of benzene rings is 2. The van der Waals surface area contributed by atoms with Gasteiger partial charge < -0.3 is 25.0 Å². The fourth-order valence-corrected chi connectivity index (χ4v) is 2.96. The van der Waals surface area contributed by atoms with E-state index in [2.05, 4.69) is 10.6 Å². The topological polar surface area (TPSA) is 79.9 Å². The van der Waals surface area contributed by atoms with Gasteiger partial charge in [-0.15, -0.1) is 0 Å². The Morgan fingerprint density at radius 3 is 2.21 bits per heavy atom. The van der Waals surface area contributed by atoms with E-state index in [1.807, 2.05) is 6.92 Å². The lowest BCUT2D eigenvalue weighted by molar-refractivity contribution is -0.135. The molecule has 2 aromatic carbocycles. The SMILES string of the molecule is COc1ccc(NC(=O)c2ccc(N[C@@H](C)C(=O)N3CCOCC3)cc2)cc1. The molecule has 148 valence electrons. The summed E-state index contributed by atoms with van der Waals surface area (Å²) in [6.07, 6.45) is 0. The van der Waals surface area contributed by atoms with E-state index in [0.29, 0.717) is 37.6 Å². The van der Waals surface area contributed by atoms with E-state index < -0.39 is 0 Å². The number of hydrogen-bond donors (Lipinski definition) is 2. The fraction of sp³-hybridized carbons (Fsp3) is 0.333. The Kier molecular flexibility index (Phi) is 6.49. The Hall–Kier alpha value is -3.06. The van der Waals surface area contributed by atoms with Gasteiger partial charge in [0.1, 0.15) is 11.8 Å². The first-order valence-electron chi connectivity index (χ1n) is 9.25. The first kappa shape index (κ1) is 19.7. The molecule has 0 spiro atoms. The highest BCUT2D eigenvalue weighted by molar-refractivity contribution is 6.04. The average molecular weight is 383 g/mol. The van der Waals surface area contributed by atoms with Gasteiger partial charge in [0.2, 0.25) is 5.91 Å². The summed E-state index contributed by atoms with van der Waals surface area (Å²) in [5.74, 6) is 0.577. The molecule has 0 aliphatic carbocycles. The summed E-state index contributed by atoms with van der Waals surface area (Å²) >= 11 is 0. The van der Waals surface area contributed by atoms with Gasteiger partial charge in [0.25, 0.3) is 5.91 Å². The minimum Gasteiger partial charge on any atom is -0.497 e. The van der Waals surface area contributed by atoms with E-state index in [9.17, 15) is 9.59 Å². The first-order valence-corrected chi connectivity index (χ1v) is 9.25.